The number of methoxy groups -OCH3 is 2. The van der Waals surface area contributed by atoms with Gasteiger partial charge in [0.2, 0.25) is 5.91 Å². The summed E-state index contributed by atoms with van der Waals surface area (Å²) in [6, 6.07) is 7.59. The van der Waals surface area contributed by atoms with Crippen LogP contribution in [0.15, 0.2) is 67.0 Å². The van der Waals surface area contributed by atoms with Gasteiger partial charge in [-0.15, -0.1) is 0 Å². The van der Waals surface area contributed by atoms with Gasteiger partial charge in [0.15, 0.2) is 11.6 Å². The number of rotatable bonds is 18. The molecule has 0 radical (unpaired) electrons. The van der Waals surface area contributed by atoms with Crippen LogP contribution < -0.4 is 31.3 Å². The molecule has 8 rings (SSSR count). The fourth-order valence-electron chi connectivity index (χ4n) is 9.97. The molecule has 3 aliphatic heterocycles. The van der Waals surface area contributed by atoms with Crippen LogP contribution >= 0.6 is 0 Å². The molecule has 2 bridgehead atoms. The van der Waals surface area contributed by atoms with E-state index in [4.69, 9.17) is 4.74 Å². The molecule has 3 saturated heterocycles. The summed E-state index contributed by atoms with van der Waals surface area (Å²) in [4.78, 5) is 62.7. The van der Waals surface area contributed by atoms with Crippen molar-refractivity contribution in [2.24, 2.45) is 10.8 Å². The second-order valence-corrected chi connectivity index (χ2v) is 21.5. The maximum Gasteiger partial charge on any atom is 0.407 e. The highest BCUT2D eigenvalue weighted by molar-refractivity contribution is 5.88. The highest BCUT2D eigenvalue weighted by Crippen LogP contribution is 2.43. The summed E-state index contributed by atoms with van der Waals surface area (Å²) in [5, 5.41) is 22.8. The third-order valence-corrected chi connectivity index (χ3v) is 15.3. The van der Waals surface area contributed by atoms with Crippen molar-refractivity contribution < 1.29 is 73.6 Å². The van der Waals surface area contributed by atoms with Crippen LogP contribution in [0.4, 0.5) is 56.2 Å². The minimum Gasteiger partial charge on any atom is -0.453 e. The summed E-state index contributed by atoms with van der Waals surface area (Å²) in [6.45, 7) is 4.35. The number of hydrogen-bond acceptors (Lipinski definition) is 13. The van der Waals surface area contributed by atoms with Gasteiger partial charge in [0.05, 0.1) is 74.7 Å². The Morgan fingerprint density at radius 3 is 1.79 bits per heavy atom. The zero-order valence-corrected chi connectivity index (χ0v) is 44.6. The Bertz CT molecular complexity index is 2920. The van der Waals surface area contributed by atoms with E-state index in [0.717, 1.165) is 84.2 Å². The fraction of sp³-hybridized carbons (Fsp3) is 0.519. The van der Waals surface area contributed by atoms with Crippen molar-refractivity contribution >= 4 is 35.5 Å². The maximum absolute atomic E-state index is 16.6. The lowest BCUT2D eigenvalue weighted by Gasteiger charge is -2.47. The van der Waals surface area contributed by atoms with Gasteiger partial charge in [0, 0.05) is 54.3 Å². The largest absolute Gasteiger partial charge is 0.453 e. The van der Waals surface area contributed by atoms with E-state index in [1.54, 1.807) is 34.5 Å². The molecule has 26 heteroatoms. The third kappa shape index (κ3) is 13.0. The molecular formula is C54H62F8N10O8. The molecule has 6 atom stereocenters. The first kappa shape index (κ1) is 58.9. The zero-order valence-electron chi connectivity index (χ0n) is 44.6. The number of benzene rings is 2. The van der Waals surface area contributed by atoms with Crippen LogP contribution in [0.1, 0.15) is 76.1 Å². The molecule has 4 aromatic rings. The minimum atomic E-state index is -5.22. The van der Waals surface area contributed by atoms with Crippen molar-refractivity contribution in [3.8, 4) is 23.1 Å². The van der Waals surface area contributed by atoms with E-state index in [1.165, 1.54) is 18.2 Å². The Morgan fingerprint density at radius 2 is 1.29 bits per heavy atom. The molecule has 4 amide bonds. The second-order valence-electron chi connectivity index (χ2n) is 21.5. The van der Waals surface area contributed by atoms with Crippen LogP contribution in [0.3, 0.4) is 0 Å². The number of hydrazine groups is 1. The molecule has 2 aromatic carbocycles. The number of ether oxygens (including phenoxy) is 3. The number of fused-ring (bicyclic) bond motifs is 2. The molecule has 5 heterocycles. The highest BCUT2D eigenvalue weighted by Gasteiger charge is 2.57. The zero-order chi connectivity index (χ0) is 58.1. The van der Waals surface area contributed by atoms with Crippen LogP contribution in [-0.2, 0) is 30.2 Å². The van der Waals surface area contributed by atoms with Gasteiger partial charge in [0.1, 0.15) is 23.6 Å². The molecule has 0 spiro atoms. The number of halogens is 8. The number of piperazine rings is 1. The van der Waals surface area contributed by atoms with E-state index in [1.807, 2.05) is 22.9 Å². The molecule has 4 fully saturated rings. The monoisotopic (exact) mass is 1130 g/mol. The first-order valence-corrected chi connectivity index (χ1v) is 25.8. The average molecular weight is 1130 g/mol. The first-order valence-electron chi connectivity index (χ1n) is 25.8. The van der Waals surface area contributed by atoms with Crippen molar-refractivity contribution in [2.45, 2.75) is 121 Å². The van der Waals surface area contributed by atoms with E-state index in [2.05, 4.69) is 46.5 Å². The van der Waals surface area contributed by atoms with Crippen LogP contribution in [0.5, 0.6) is 0 Å². The first-order chi connectivity index (χ1) is 37.7. The summed E-state index contributed by atoms with van der Waals surface area (Å²) in [7, 11) is 1.64. The molecule has 80 heavy (non-hydrogen) atoms. The number of carbonyl (C=O) groups excluding carboxylic acids is 4. The number of anilines is 2. The number of aliphatic hydroxyl groups excluding tert-OH is 1. The SMILES string of the molecule is COC(=O)NC(C(=O)N[C@@H](Cc1ccc(C#Cc2ccc(N3CC4CCC(C3)N4C3COC3)nc2)cc1)[C@@H](O)CN(NC(=O)[C@@H](NC(=O)OC)C(C)(C)C(F)(F)F)c1c(F)cc(-c2ccn(C3CC3)n2)cc1F)C(C)(C)C(F)(F)F. The van der Waals surface area contributed by atoms with Crippen LogP contribution in [0, 0.1) is 34.3 Å². The van der Waals surface area contributed by atoms with Crippen LogP contribution in [-0.4, -0.2) is 151 Å². The van der Waals surface area contributed by atoms with E-state index >= 15 is 8.78 Å². The van der Waals surface area contributed by atoms with Gasteiger partial charge in [0.25, 0.3) is 5.91 Å². The fourth-order valence-corrected chi connectivity index (χ4v) is 9.97. The van der Waals surface area contributed by atoms with Gasteiger partial charge in [-0.25, -0.2) is 23.4 Å². The Hall–Kier alpha value is -7.24. The molecule has 18 nitrogen and oxygen atoms in total. The Balaban J connectivity index is 1.09. The summed E-state index contributed by atoms with van der Waals surface area (Å²) in [5.74, 6) is 0.776. The minimum absolute atomic E-state index is 0.0789. The predicted octanol–water partition coefficient (Wildman–Crippen LogP) is 6.56. The Morgan fingerprint density at radius 1 is 0.750 bits per heavy atom. The van der Waals surface area contributed by atoms with Gasteiger partial charge >= 0.3 is 24.5 Å². The quantitative estimate of drug-likeness (QED) is 0.0408. The van der Waals surface area contributed by atoms with Gasteiger partial charge in [-0.2, -0.15) is 31.4 Å². The van der Waals surface area contributed by atoms with Crippen molar-refractivity contribution in [1.29, 1.82) is 0 Å². The Labute approximate surface area is 455 Å². The summed E-state index contributed by atoms with van der Waals surface area (Å²) < 4.78 is 137. The normalized spacial score (nSPS) is 19.3. The average Bonchev–Trinajstić information content (AvgIpc) is 4.17. The number of aromatic nitrogens is 3. The lowest BCUT2D eigenvalue weighted by Crippen LogP contribution is -2.64. The van der Waals surface area contributed by atoms with Gasteiger partial charge in [-0.05, 0) is 108 Å². The van der Waals surface area contributed by atoms with E-state index in [9.17, 15) is 50.6 Å². The third-order valence-electron chi connectivity index (χ3n) is 15.3. The number of aliphatic hydroxyl groups is 1. The number of nitrogens with zero attached hydrogens (tertiary/aromatic N) is 6. The molecule has 3 unspecified atom stereocenters. The topological polar surface area (TPSA) is 205 Å². The molecule has 1 aliphatic carbocycles. The molecule has 5 N–H and O–H groups in total. The van der Waals surface area contributed by atoms with E-state index < -0.39 is 102 Å². The molecule has 2 aromatic heterocycles. The molecule has 4 aliphatic rings. The molecule has 432 valence electrons. The Kier molecular flexibility index (Phi) is 17.3. The number of nitrogens with one attached hydrogen (secondary N) is 4. The van der Waals surface area contributed by atoms with Gasteiger partial charge in [-0.1, -0.05) is 24.0 Å². The van der Waals surface area contributed by atoms with Gasteiger partial charge < -0.3 is 40.2 Å². The van der Waals surface area contributed by atoms with Crippen molar-refractivity contribution in [3.05, 3.63) is 95.3 Å². The molecule has 1 saturated carbocycles. The number of alkyl halides is 6. The van der Waals surface area contributed by atoms with E-state index in [-0.39, 0.29) is 22.9 Å². The second kappa shape index (κ2) is 23.5. The highest BCUT2D eigenvalue weighted by atomic mass is 19.4. The van der Waals surface area contributed by atoms with Crippen molar-refractivity contribution in [1.82, 2.24) is 41.0 Å². The van der Waals surface area contributed by atoms with E-state index in [0.29, 0.717) is 62.0 Å². The summed E-state index contributed by atoms with van der Waals surface area (Å²) in [6.07, 6.45) is -8.85. The smallest absolute Gasteiger partial charge is 0.407 e. The number of pyridine rings is 1. The lowest BCUT2D eigenvalue weighted by molar-refractivity contribution is -0.221. The van der Waals surface area contributed by atoms with Crippen LogP contribution in [0.25, 0.3) is 11.3 Å². The molecular weight excluding hydrogens is 1070 g/mol. The summed E-state index contributed by atoms with van der Waals surface area (Å²) in [5.41, 5.74) is -3.92. The maximum atomic E-state index is 16.6. The number of carbonyl (C=O) groups is 4. The predicted molar refractivity (Wildman–Crippen MR) is 273 cm³/mol. The lowest BCUT2D eigenvalue weighted by atomic mass is 9.82. The number of amides is 4. The number of alkyl carbamates (subject to hydrolysis) is 2. The van der Waals surface area contributed by atoms with Gasteiger partial charge in [-0.3, -0.25) is 29.6 Å². The standard InChI is InChI=1S/C54H62F8N10O8/c1-51(2,53(57,58)59)45(65-49(76)78-5)47(74)64-41(21-31-10-7-30(8-11-31)9-12-32-13-18-43(63-24-32)69-25-35-16-17-36(26-69)72(35)37-28-80-29-37)42(73)27-71(68-48(75)46(66-50(77)79-6)52(3,4)54(60,61)62)44-38(55)22-33(23-39(44)56)40-19-20-70(67-40)34-14-15-34/h7-8,10-11,13,18-20,22-24,34-37,41-42,45-46,73H,14-17,21,25-29H2,1-6H3,(H,64,74)(H,65,76)(H,66,77)(H,68,75)/t35?,36?,41-,42-,45?,46+/m0/s1. The van der Waals surface area contributed by atoms with Crippen LogP contribution in [0.2, 0.25) is 0 Å². The van der Waals surface area contributed by atoms with Crippen molar-refractivity contribution in [3.63, 3.8) is 0 Å². The van der Waals surface area contributed by atoms with Crippen molar-refractivity contribution in [2.75, 3.05) is 57.0 Å². The summed E-state index contributed by atoms with van der Waals surface area (Å²) >= 11 is 0. The number of hydrogen-bond donors (Lipinski definition) is 5.